The second-order valence-corrected chi connectivity index (χ2v) is 5.35. The average molecular weight is 284 g/mol. The summed E-state index contributed by atoms with van der Waals surface area (Å²) >= 11 is 1.54. The van der Waals surface area contributed by atoms with Crippen LogP contribution in [0.1, 0.15) is 15.4 Å². The first kappa shape index (κ1) is 12.7. The minimum atomic E-state index is -0.0333. The van der Waals surface area contributed by atoms with Crippen LogP contribution in [-0.2, 0) is 6.42 Å². The number of methoxy groups -OCH3 is 1. The van der Waals surface area contributed by atoms with Crippen molar-refractivity contribution in [2.45, 2.75) is 6.42 Å². The summed E-state index contributed by atoms with van der Waals surface area (Å²) in [4.78, 5) is 20.8. The van der Waals surface area contributed by atoms with Gasteiger partial charge in [-0.05, 0) is 24.3 Å². The van der Waals surface area contributed by atoms with Crippen LogP contribution in [0.25, 0.3) is 10.2 Å². The Morgan fingerprint density at radius 3 is 2.90 bits per heavy atom. The van der Waals surface area contributed by atoms with Gasteiger partial charge in [-0.15, -0.1) is 11.3 Å². The molecule has 0 atom stereocenters. The zero-order chi connectivity index (χ0) is 13.9. The number of carbonyl (C=O) groups excluding carboxylic acids is 1. The van der Waals surface area contributed by atoms with Gasteiger partial charge in [0.15, 0.2) is 5.78 Å². The molecule has 0 amide bonds. The molecule has 100 valence electrons. The van der Waals surface area contributed by atoms with Gasteiger partial charge in [0.1, 0.15) is 5.01 Å². The molecule has 4 nitrogen and oxygen atoms in total. The number of carbonyl (C=O) groups is 1. The van der Waals surface area contributed by atoms with Crippen LogP contribution in [0.5, 0.6) is 5.88 Å². The maximum absolute atomic E-state index is 12.3. The number of nitrogens with zero attached hydrogens (tertiary/aromatic N) is 2. The number of ketones is 1. The summed E-state index contributed by atoms with van der Waals surface area (Å²) in [6.45, 7) is 0. The Kier molecular flexibility index (Phi) is 3.43. The van der Waals surface area contributed by atoms with Crippen molar-refractivity contribution in [2.75, 3.05) is 7.11 Å². The first-order valence-corrected chi connectivity index (χ1v) is 6.96. The molecule has 0 radical (unpaired) electrons. The summed E-state index contributed by atoms with van der Waals surface area (Å²) in [7, 11) is 1.51. The van der Waals surface area contributed by atoms with Crippen LogP contribution in [-0.4, -0.2) is 22.9 Å². The fourth-order valence-corrected chi connectivity index (χ4v) is 2.96. The third-order valence-corrected chi connectivity index (χ3v) is 3.95. The zero-order valence-electron chi connectivity index (χ0n) is 10.9. The number of ether oxygens (including phenoxy) is 1. The highest BCUT2D eigenvalue weighted by Gasteiger charge is 2.15. The molecule has 0 N–H and O–H groups in total. The molecule has 3 rings (SSSR count). The molecule has 2 aromatic heterocycles. The fourth-order valence-electron chi connectivity index (χ4n) is 1.99. The number of rotatable bonds is 4. The third-order valence-electron chi connectivity index (χ3n) is 2.91. The van der Waals surface area contributed by atoms with Gasteiger partial charge in [-0.2, -0.15) is 0 Å². The van der Waals surface area contributed by atoms with Gasteiger partial charge in [-0.3, -0.25) is 4.79 Å². The van der Waals surface area contributed by atoms with E-state index in [1.807, 2.05) is 24.3 Å². The van der Waals surface area contributed by atoms with E-state index in [0.717, 1.165) is 15.2 Å². The molecule has 0 aliphatic rings. The molecule has 0 bridgehead atoms. The van der Waals surface area contributed by atoms with Gasteiger partial charge in [-0.25, -0.2) is 9.97 Å². The number of thiazole rings is 1. The number of Topliss-reactive ketones (excluding diaryl/α,β-unsaturated/α-hetero) is 1. The van der Waals surface area contributed by atoms with Crippen LogP contribution in [0.4, 0.5) is 0 Å². The van der Waals surface area contributed by atoms with Crippen molar-refractivity contribution in [2.24, 2.45) is 0 Å². The van der Waals surface area contributed by atoms with Crippen molar-refractivity contribution in [3.05, 3.63) is 53.2 Å². The Morgan fingerprint density at radius 2 is 2.10 bits per heavy atom. The Balaban J connectivity index is 1.88. The summed E-state index contributed by atoms with van der Waals surface area (Å²) < 4.78 is 6.21. The smallest absolute Gasteiger partial charge is 0.224 e. The van der Waals surface area contributed by atoms with E-state index in [0.29, 0.717) is 11.4 Å². The number of fused-ring (bicyclic) bond motifs is 1. The van der Waals surface area contributed by atoms with Crippen LogP contribution in [0.2, 0.25) is 0 Å². The summed E-state index contributed by atoms with van der Waals surface area (Å²) in [5, 5.41) is 0.808. The lowest BCUT2D eigenvalue weighted by Gasteiger charge is -2.04. The topological polar surface area (TPSA) is 52.1 Å². The van der Waals surface area contributed by atoms with Gasteiger partial charge in [0, 0.05) is 6.20 Å². The van der Waals surface area contributed by atoms with Gasteiger partial charge in [-0.1, -0.05) is 12.1 Å². The molecule has 0 aliphatic heterocycles. The molecule has 0 saturated carbocycles. The lowest BCUT2D eigenvalue weighted by atomic mass is 10.1. The summed E-state index contributed by atoms with van der Waals surface area (Å²) in [6.07, 6.45) is 1.87. The number of hydrogen-bond donors (Lipinski definition) is 0. The van der Waals surface area contributed by atoms with E-state index in [1.165, 1.54) is 7.11 Å². The van der Waals surface area contributed by atoms with E-state index in [9.17, 15) is 4.79 Å². The molecule has 5 heteroatoms. The van der Waals surface area contributed by atoms with Crippen LogP contribution in [0.3, 0.4) is 0 Å². The average Bonchev–Trinajstić information content (AvgIpc) is 2.89. The summed E-state index contributed by atoms with van der Waals surface area (Å²) in [5.41, 5.74) is 1.42. The molecular weight excluding hydrogens is 272 g/mol. The minimum Gasteiger partial charge on any atom is -0.480 e. The molecule has 3 aromatic rings. The normalized spacial score (nSPS) is 10.7. The molecular formula is C15H12N2O2S. The zero-order valence-corrected chi connectivity index (χ0v) is 11.7. The van der Waals surface area contributed by atoms with E-state index >= 15 is 0 Å². The standard InChI is InChI=1S/C15H12N2O2S/c1-19-15-10(5-4-8-16-15)12(18)9-14-17-11-6-2-3-7-13(11)20-14/h2-8H,9H2,1H3. The van der Waals surface area contributed by atoms with Crippen molar-refractivity contribution >= 4 is 27.3 Å². The predicted molar refractivity (Wildman–Crippen MR) is 78.4 cm³/mol. The number of para-hydroxylation sites is 1. The molecule has 0 saturated heterocycles. The highest BCUT2D eigenvalue weighted by atomic mass is 32.1. The van der Waals surface area contributed by atoms with Crippen molar-refractivity contribution in [1.82, 2.24) is 9.97 Å². The van der Waals surface area contributed by atoms with Crippen molar-refractivity contribution in [1.29, 1.82) is 0 Å². The lowest BCUT2D eigenvalue weighted by molar-refractivity contribution is 0.0989. The van der Waals surface area contributed by atoms with E-state index < -0.39 is 0 Å². The van der Waals surface area contributed by atoms with E-state index in [1.54, 1.807) is 29.7 Å². The van der Waals surface area contributed by atoms with Crippen molar-refractivity contribution in [3.63, 3.8) is 0 Å². The van der Waals surface area contributed by atoms with Gasteiger partial charge in [0.2, 0.25) is 5.88 Å². The van der Waals surface area contributed by atoms with E-state index in [2.05, 4.69) is 9.97 Å². The Labute approximate surface area is 120 Å². The fraction of sp³-hybridized carbons (Fsp3) is 0.133. The number of benzene rings is 1. The van der Waals surface area contributed by atoms with Crippen LogP contribution in [0, 0.1) is 0 Å². The van der Waals surface area contributed by atoms with Crippen molar-refractivity contribution < 1.29 is 9.53 Å². The predicted octanol–water partition coefficient (Wildman–Crippen LogP) is 3.13. The van der Waals surface area contributed by atoms with Crippen LogP contribution in [0.15, 0.2) is 42.6 Å². The monoisotopic (exact) mass is 284 g/mol. The first-order valence-electron chi connectivity index (χ1n) is 6.14. The van der Waals surface area contributed by atoms with Gasteiger partial charge >= 0.3 is 0 Å². The molecule has 2 heterocycles. The van der Waals surface area contributed by atoms with Crippen molar-refractivity contribution in [3.8, 4) is 5.88 Å². The highest BCUT2D eigenvalue weighted by Crippen LogP contribution is 2.24. The van der Waals surface area contributed by atoms with Crippen LogP contribution >= 0.6 is 11.3 Å². The largest absolute Gasteiger partial charge is 0.480 e. The van der Waals surface area contributed by atoms with E-state index in [4.69, 9.17) is 4.74 Å². The molecule has 0 aliphatic carbocycles. The van der Waals surface area contributed by atoms with E-state index in [-0.39, 0.29) is 12.2 Å². The second kappa shape index (κ2) is 5.38. The molecule has 20 heavy (non-hydrogen) atoms. The molecule has 0 fully saturated rings. The molecule has 0 unspecified atom stereocenters. The van der Waals surface area contributed by atoms with Gasteiger partial charge in [0.25, 0.3) is 0 Å². The maximum Gasteiger partial charge on any atom is 0.224 e. The minimum absolute atomic E-state index is 0.0333. The third kappa shape index (κ3) is 2.40. The maximum atomic E-state index is 12.3. The van der Waals surface area contributed by atoms with Gasteiger partial charge in [0.05, 0.1) is 29.3 Å². The lowest BCUT2D eigenvalue weighted by Crippen LogP contribution is -2.06. The number of hydrogen-bond acceptors (Lipinski definition) is 5. The molecule has 0 spiro atoms. The summed E-state index contributed by atoms with van der Waals surface area (Å²) in [6, 6.07) is 11.3. The Bertz CT molecular complexity index is 734. The number of aromatic nitrogens is 2. The molecule has 1 aromatic carbocycles. The SMILES string of the molecule is COc1ncccc1C(=O)Cc1nc2ccccc2s1. The summed E-state index contributed by atoms with van der Waals surface area (Å²) in [5.74, 6) is 0.326. The second-order valence-electron chi connectivity index (χ2n) is 4.24. The Morgan fingerprint density at radius 1 is 1.25 bits per heavy atom. The quantitative estimate of drug-likeness (QED) is 0.691. The van der Waals surface area contributed by atoms with Gasteiger partial charge < -0.3 is 4.74 Å². The highest BCUT2D eigenvalue weighted by molar-refractivity contribution is 7.18. The number of pyridine rings is 1. The van der Waals surface area contributed by atoms with Crippen LogP contribution < -0.4 is 4.74 Å². The first-order chi connectivity index (χ1) is 9.78. The Hall–Kier alpha value is -2.27.